The molecule has 5 nitrogen and oxygen atoms in total. The van der Waals surface area contributed by atoms with Crippen LogP contribution in [0.3, 0.4) is 0 Å². The van der Waals surface area contributed by atoms with Crippen LogP contribution in [-0.2, 0) is 6.42 Å². The van der Waals surface area contributed by atoms with E-state index >= 15 is 0 Å². The van der Waals surface area contributed by atoms with Crippen LogP contribution in [0.25, 0.3) is 11.3 Å². The van der Waals surface area contributed by atoms with Crippen molar-refractivity contribution in [3.05, 3.63) is 30.1 Å². The zero-order chi connectivity index (χ0) is 15.2. The third-order valence-corrected chi connectivity index (χ3v) is 3.15. The molecule has 0 atom stereocenters. The molecule has 0 spiro atoms. The van der Waals surface area contributed by atoms with Gasteiger partial charge in [-0.05, 0) is 38.5 Å². The second-order valence-electron chi connectivity index (χ2n) is 4.47. The lowest BCUT2D eigenvalue weighted by Gasteiger charge is -2.14. The van der Waals surface area contributed by atoms with Crippen molar-refractivity contribution in [3.63, 3.8) is 0 Å². The van der Waals surface area contributed by atoms with Gasteiger partial charge >= 0.3 is 0 Å². The van der Waals surface area contributed by atoms with Gasteiger partial charge in [-0.3, -0.25) is 0 Å². The molecule has 2 aromatic rings. The quantitative estimate of drug-likeness (QED) is 0.884. The number of rotatable bonds is 6. The zero-order valence-corrected chi connectivity index (χ0v) is 12.7. The second-order valence-corrected chi connectivity index (χ2v) is 4.47. The second kappa shape index (κ2) is 6.92. The van der Waals surface area contributed by atoms with Gasteiger partial charge in [0.1, 0.15) is 12.1 Å². The van der Waals surface area contributed by atoms with Crippen molar-refractivity contribution < 1.29 is 9.47 Å². The van der Waals surface area contributed by atoms with Gasteiger partial charge in [-0.1, -0.05) is 6.92 Å². The largest absolute Gasteiger partial charge is 0.490 e. The SMILES string of the molecule is CCOc1ccc(-c2ncnc(N)c2CC)cc1OCC. The summed E-state index contributed by atoms with van der Waals surface area (Å²) in [7, 11) is 0. The fourth-order valence-electron chi connectivity index (χ4n) is 2.22. The molecule has 0 bridgehead atoms. The maximum absolute atomic E-state index is 5.94. The maximum Gasteiger partial charge on any atom is 0.161 e. The Balaban J connectivity index is 2.50. The first kappa shape index (κ1) is 15.1. The van der Waals surface area contributed by atoms with Crippen molar-refractivity contribution in [3.8, 4) is 22.8 Å². The highest BCUT2D eigenvalue weighted by Crippen LogP contribution is 2.34. The van der Waals surface area contributed by atoms with Crippen LogP contribution in [-0.4, -0.2) is 23.2 Å². The van der Waals surface area contributed by atoms with Gasteiger partial charge in [-0.15, -0.1) is 0 Å². The molecule has 112 valence electrons. The summed E-state index contributed by atoms with van der Waals surface area (Å²) in [6, 6.07) is 5.81. The van der Waals surface area contributed by atoms with Gasteiger partial charge in [0.2, 0.25) is 0 Å². The van der Waals surface area contributed by atoms with E-state index < -0.39 is 0 Å². The minimum Gasteiger partial charge on any atom is -0.490 e. The van der Waals surface area contributed by atoms with Gasteiger partial charge < -0.3 is 15.2 Å². The molecule has 0 saturated carbocycles. The molecule has 0 aliphatic heterocycles. The van der Waals surface area contributed by atoms with E-state index in [1.165, 1.54) is 6.33 Å². The monoisotopic (exact) mass is 287 g/mol. The molecule has 0 aliphatic rings. The Labute approximate surface area is 125 Å². The lowest BCUT2D eigenvalue weighted by Crippen LogP contribution is -2.02. The van der Waals surface area contributed by atoms with E-state index in [-0.39, 0.29) is 0 Å². The Kier molecular flexibility index (Phi) is 4.98. The normalized spacial score (nSPS) is 10.4. The Morgan fingerprint density at radius 1 is 1.00 bits per heavy atom. The Morgan fingerprint density at radius 3 is 2.38 bits per heavy atom. The van der Waals surface area contributed by atoms with E-state index in [9.17, 15) is 0 Å². The van der Waals surface area contributed by atoms with E-state index in [1.54, 1.807) is 0 Å². The highest BCUT2D eigenvalue weighted by atomic mass is 16.5. The number of hydrogen-bond donors (Lipinski definition) is 1. The van der Waals surface area contributed by atoms with Gasteiger partial charge in [-0.2, -0.15) is 0 Å². The van der Waals surface area contributed by atoms with Crippen LogP contribution < -0.4 is 15.2 Å². The molecule has 0 saturated heterocycles. The van der Waals surface area contributed by atoms with Crippen LogP contribution in [0.1, 0.15) is 26.3 Å². The molecule has 2 N–H and O–H groups in total. The summed E-state index contributed by atoms with van der Waals surface area (Å²) in [4.78, 5) is 8.42. The van der Waals surface area contributed by atoms with Crippen molar-refractivity contribution in [1.82, 2.24) is 9.97 Å². The molecule has 0 unspecified atom stereocenters. The fraction of sp³-hybridized carbons (Fsp3) is 0.375. The third-order valence-electron chi connectivity index (χ3n) is 3.15. The van der Waals surface area contributed by atoms with Gasteiger partial charge in [0, 0.05) is 11.1 Å². The fourth-order valence-corrected chi connectivity index (χ4v) is 2.22. The number of nitrogen functional groups attached to an aromatic ring is 1. The Bertz CT molecular complexity index is 614. The Morgan fingerprint density at radius 2 is 1.71 bits per heavy atom. The standard InChI is InChI=1S/C16H21N3O2/c1-4-12-15(18-10-19-16(12)17)11-7-8-13(20-5-2)14(9-11)21-6-3/h7-10H,4-6H2,1-3H3,(H2,17,18,19). The smallest absolute Gasteiger partial charge is 0.161 e. The lowest BCUT2D eigenvalue weighted by atomic mass is 10.0. The molecule has 0 aliphatic carbocycles. The first-order chi connectivity index (χ1) is 10.2. The first-order valence-corrected chi connectivity index (χ1v) is 7.20. The number of hydrogen-bond acceptors (Lipinski definition) is 5. The number of benzene rings is 1. The van der Waals surface area contributed by atoms with E-state index in [0.29, 0.717) is 19.0 Å². The molecular weight excluding hydrogens is 266 g/mol. The lowest BCUT2D eigenvalue weighted by molar-refractivity contribution is 0.288. The van der Waals surface area contributed by atoms with E-state index in [2.05, 4.69) is 9.97 Å². The van der Waals surface area contributed by atoms with Crippen molar-refractivity contribution >= 4 is 5.82 Å². The first-order valence-electron chi connectivity index (χ1n) is 7.20. The highest BCUT2D eigenvalue weighted by Gasteiger charge is 2.13. The van der Waals surface area contributed by atoms with Crippen molar-refractivity contribution in [2.24, 2.45) is 0 Å². The summed E-state index contributed by atoms with van der Waals surface area (Å²) in [5.74, 6) is 1.98. The van der Waals surface area contributed by atoms with Gasteiger partial charge in [0.15, 0.2) is 11.5 Å². The Hall–Kier alpha value is -2.30. The minimum absolute atomic E-state index is 0.523. The summed E-state index contributed by atoms with van der Waals surface area (Å²) in [6.45, 7) is 7.11. The number of nitrogens with two attached hydrogens (primary N) is 1. The predicted molar refractivity (Wildman–Crippen MR) is 83.6 cm³/mol. The molecule has 0 fully saturated rings. The number of ether oxygens (including phenoxy) is 2. The molecule has 1 heterocycles. The van der Waals surface area contributed by atoms with Crippen LogP contribution in [0.2, 0.25) is 0 Å². The summed E-state index contributed by atoms with van der Waals surface area (Å²) in [5.41, 5.74) is 8.68. The molecule has 1 aromatic heterocycles. The molecule has 2 rings (SSSR count). The highest BCUT2D eigenvalue weighted by molar-refractivity contribution is 5.70. The van der Waals surface area contributed by atoms with Crippen LogP contribution in [0.4, 0.5) is 5.82 Å². The predicted octanol–water partition coefficient (Wildman–Crippen LogP) is 3.09. The number of anilines is 1. The van der Waals surface area contributed by atoms with Gasteiger partial charge in [0.25, 0.3) is 0 Å². The average Bonchev–Trinajstić information content (AvgIpc) is 2.49. The van der Waals surface area contributed by atoms with Crippen molar-refractivity contribution in [2.75, 3.05) is 18.9 Å². The summed E-state index contributed by atoms with van der Waals surface area (Å²) in [5, 5.41) is 0. The van der Waals surface area contributed by atoms with E-state index in [1.807, 2.05) is 39.0 Å². The number of nitrogens with zero attached hydrogens (tertiary/aromatic N) is 2. The van der Waals surface area contributed by atoms with E-state index in [0.717, 1.165) is 34.7 Å². The minimum atomic E-state index is 0.523. The van der Waals surface area contributed by atoms with Gasteiger partial charge in [0.05, 0.1) is 18.9 Å². The molecule has 0 radical (unpaired) electrons. The molecule has 0 amide bonds. The van der Waals surface area contributed by atoms with Crippen molar-refractivity contribution in [2.45, 2.75) is 27.2 Å². The third kappa shape index (κ3) is 3.24. The summed E-state index contributed by atoms with van der Waals surface area (Å²) >= 11 is 0. The van der Waals surface area contributed by atoms with Crippen molar-refractivity contribution in [1.29, 1.82) is 0 Å². The molecule has 5 heteroatoms. The zero-order valence-electron chi connectivity index (χ0n) is 12.7. The maximum atomic E-state index is 5.94. The average molecular weight is 287 g/mol. The van der Waals surface area contributed by atoms with Crippen LogP contribution in [0.5, 0.6) is 11.5 Å². The van der Waals surface area contributed by atoms with E-state index in [4.69, 9.17) is 15.2 Å². The van der Waals surface area contributed by atoms with Crippen LogP contribution in [0, 0.1) is 0 Å². The van der Waals surface area contributed by atoms with Crippen LogP contribution in [0.15, 0.2) is 24.5 Å². The summed E-state index contributed by atoms with van der Waals surface area (Å²) in [6.07, 6.45) is 2.26. The van der Waals surface area contributed by atoms with Crippen LogP contribution >= 0.6 is 0 Å². The topological polar surface area (TPSA) is 70.3 Å². The number of aromatic nitrogens is 2. The molecule has 1 aromatic carbocycles. The molecular formula is C16H21N3O2. The summed E-state index contributed by atoms with van der Waals surface area (Å²) < 4.78 is 11.2. The molecule has 21 heavy (non-hydrogen) atoms. The van der Waals surface area contributed by atoms with Gasteiger partial charge in [-0.25, -0.2) is 9.97 Å².